The van der Waals surface area contributed by atoms with Crippen LogP contribution in [0.3, 0.4) is 0 Å². The quantitative estimate of drug-likeness (QED) is 0.856. The average Bonchev–Trinajstić information content (AvgIpc) is 2.51. The number of rotatable bonds is 3. The van der Waals surface area contributed by atoms with E-state index >= 15 is 0 Å². The predicted octanol–water partition coefficient (Wildman–Crippen LogP) is 2.11. The number of pyridine rings is 1. The first-order valence-electron chi connectivity index (χ1n) is 8.29. The molecule has 0 radical (unpaired) electrons. The Balaban J connectivity index is 1.34. The van der Waals surface area contributed by atoms with E-state index in [1.54, 1.807) is 11.1 Å². The van der Waals surface area contributed by atoms with Gasteiger partial charge in [0.25, 0.3) is 5.91 Å². The molecule has 1 spiro atoms. The van der Waals surface area contributed by atoms with Gasteiger partial charge >= 0.3 is 0 Å². The number of ether oxygens (including phenoxy) is 2. The maximum atomic E-state index is 14.2. The van der Waals surface area contributed by atoms with Crippen molar-refractivity contribution in [3.05, 3.63) is 24.4 Å². The van der Waals surface area contributed by atoms with Gasteiger partial charge in [0, 0.05) is 25.1 Å². The molecule has 1 saturated carbocycles. The summed E-state index contributed by atoms with van der Waals surface area (Å²) in [7, 11) is 0. The Kier molecular flexibility index (Phi) is 3.52. The number of amides is 1. The molecule has 23 heavy (non-hydrogen) atoms. The van der Waals surface area contributed by atoms with Crippen LogP contribution < -0.4 is 4.74 Å². The fourth-order valence-electron chi connectivity index (χ4n) is 3.67. The van der Waals surface area contributed by atoms with Crippen LogP contribution in [-0.4, -0.2) is 52.9 Å². The number of alkyl halides is 1. The number of aromatic nitrogens is 1. The molecule has 1 aromatic rings. The van der Waals surface area contributed by atoms with Crippen LogP contribution in [0, 0.1) is 0 Å². The van der Waals surface area contributed by atoms with Crippen LogP contribution in [0.15, 0.2) is 24.4 Å². The minimum atomic E-state index is -1.61. The normalized spacial score (nSPS) is 27.9. The Morgan fingerprint density at radius 2 is 2.22 bits per heavy atom. The highest BCUT2D eigenvalue weighted by Gasteiger charge is 2.55. The number of carbonyl (C=O) groups is 1. The molecular formula is C17H21FN2O3. The first-order chi connectivity index (χ1) is 11.1. The predicted molar refractivity (Wildman–Crippen MR) is 80.8 cm³/mol. The number of carbonyl (C=O) groups excluding carboxylic acids is 1. The van der Waals surface area contributed by atoms with Crippen LogP contribution in [0.1, 0.15) is 32.1 Å². The van der Waals surface area contributed by atoms with E-state index in [1.807, 2.05) is 18.2 Å². The second-order valence-corrected chi connectivity index (χ2v) is 6.91. The lowest BCUT2D eigenvalue weighted by atomic mass is 9.78. The van der Waals surface area contributed by atoms with Crippen molar-refractivity contribution >= 4 is 5.91 Å². The molecule has 1 atom stereocenters. The summed E-state index contributed by atoms with van der Waals surface area (Å²) in [4.78, 5) is 18.0. The van der Waals surface area contributed by atoms with E-state index in [-0.39, 0.29) is 17.6 Å². The molecule has 0 bridgehead atoms. The number of nitrogens with zero attached hydrogens (tertiary/aromatic N) is 2. The molecule has 1 aromatic heterocycles. The third-order valence-electron chi connectivity index (χ3n) is 5.15. The monoisotopic (exact) mass is 320 g/mol. The third kappa shape index (κ3) is 2.69. The highest BCUT2D eigenvalue weighted by molar-refractivity contribution is 5.87. The highest BCUT2D eigenvalue weighted by Crippen LogP contribution is 2.42. The standard InChI is InChI=1S/C17H21FN2O3/c18-17(6-3-7-17)15(21)20-11-16(12-20)10-13(5-9-22-16)23-14-4-1-2-8-19-14/h1-2,4,8,13H,3,5-7,9-12H2/t13-/m0/s1. The van der Waals surface area contributed by atoms with Crippen LogP contribution in [0.25, 0.3) is 0 Å². The summed E-state index contributed by atoms with van der Waals surface area (Å²) in [5, 5.41) is 0. The van der Waals surface area contributed by atoms with E-state index in [2.05, 4.69) is 4.98 Å². The van der Waals surface area contributed by atoms with Gasteiger partial charge in [0.2, 0.25) is 5.88 Å². The first-order valence-corrected chi connectivity index (χ1v) is 8.29. The minimum absolute atomic E-state index is 0.0268. The molecule has 0 aromatic carbocycles. The molecule has 2 saturated heterocycles. The van der Waals surface area contributed by atoms with Crippen molar-refractivity contribution < 1.29 is 18.7 Å². The van der Waals surface area contributed by atoms with E-state index < -0.39 is 5.67 Å². The van der Waals surface area contributed by atoms with Crippen LogP contribution in [0.2, 0.25) is 0 Å². The molecule has 3 fully saturated rings. The summed E-state index contributed by atoms with van der Waals surface area (Å²) >= 11 is 0. The van der Waals surface area contributed by atoms with E-state index in [9.17, 15) is 9.18 Å². The van der Waals surface area contributed by atoms with Crippen LogP contribution in [0.4, 0.5) is 4.39 Å². The highest BCUT2D eigenvalue weighted by atomic mass is 19.1. The Bertz CT molecular complexity index is 585. The second kappa shape index (κ2) is 5.44. The summed E-state index contributed by atoms with van der Waals surface area (Å²) in [5.74, 6) is 0.254. The van der Waals surface area contributed by atoms with Crippen LogP contribution in [-0.2, 0) is 9.53 Å². The average molecular weight is 320 g/mol. The van der Waals surface area contributed by atoms with Gasteiger partial charge in [-0.15, -0.1) is 0 Å². The zero-order valence-corrected chi connectivity index (χ0v) is 13.0. The van der Waals surface area contributed by atoms with Gasteiger partial charge in [-0.2, -0.15) is 0 Å². The molecule has 1 aliphatic carbocycles. The van der Waals surface area contributed by atoms with Crippen molar-refractivity contribution in [1.29, 1.82) is 0 Å². The van der Waals surface area contributed by atoms with Crippen molar-refractivity contribution in [2.45, 2.75) is 49.5 Å². The van der Waals surface area contributed by atoms with Crippen molar-refractivity contribution in [3.63, 3.8) is 0 Å². The second-order valence-electron chi connectivity index (χ2n) is 6.91. The molecule has 0 N–H and O–H groups in total. The van der Waals surface area contributed by atoms with Gasteiger partial charge in [-0.05, 0) is 25.3 Å². The van der Waals surface area contributed by atoms with Crippen molar-refractivity contribution in [3.8, 4) is 5.88 Å². The zero-order chi connectivity index (χ0) is 15.9. The topological polar surface area (TPSA) is 51.7 Å². The summed E-state index contributed by atoms with van der Waals surface area (Å²) in [6.45, 7) is 1.54. The van der Waals surface area contributed by atoms with Crippen LogP contribution in [0.5, 0.6) is 5.88 Å². The lowest BCUT2D eigenvalue weighted by molar-refractivity contribution is -0.202. The third-order valence-corrected chi connectivity index (χ3v) is 5.15. The molecule has 5 nitrogen and oxygen atoms in total. The summed E-state index contributed by atoms with van der Waals surface area (Å²) < 4.78 is 26.0. The van der Waals surface area contributed by atoms with Gasteiger partial charge in [0.1, 0.15) is 11.7 Å². The molecule has 2 aliphatic heterocycles. The van der Waals surface area contributed by atoms with E-state index in [0.717, 1.165) is 12.8 Å². The smallest absolute Gasteiger partial charge is 0.260 e. The fraction of sp³-hybridized carbons (Fsp3) is 0.647. The van der Waals surface area contributed by atoms with Gasteiger partial charge in [-0.3, -0.25) is 4.79 Å². The largest absolute Gasteiger partial charge is 0.474 e. The number of hydrogen-bond donors (Lipinski definition) is 0. The Morgan fingerprint density at radius 1 is 1.39 bits per heavy atom. The van der Waals surface area contributed by atoms with Crippen molar-refractivity contribution in [2.75, 3.05) is 19.7 Å². The van der Waals surface area contributed by atoms with Crippen LogP contribution >= 0.6 is 0 Å². The number of hydrogen-bond acceptors (Lipinski definition) is 4. The SMILES string of the molecule is O=C(N1CC2(C[C@@H](Oc3ccccn3)CCO2)C1)C1(F)CCC1. The molecule has 3 heterocycles. The zero-order valence-electron chi connectivity index (χ0n) is 13.0. The molecule has 0 unspecified atom stereocenters. The maximum absolute atomic E-state index is 14.2. The fourth-order valence-corrected chi connectivity index (χ4v) is 3.67. The molecule has 124 valence electrons. The Labute approximate surface area is 134 Å². The van der Waals surface area contributed by atoms with Gasteiger partial charge < -0.3 is 14.4 Å². The Morgan fingerprint density at radius 3 is 2.87 bits per heavy atom. The van der Waals surface area contributed by atoms with E-state index in [4.69, 9.17) is 9.47 Å². The van der Waals surface area contributed by atoms with Crippen molar-refractivity contribution in [1.82, 2.24) is 9.88 Å². The molecule has 3 aliphatic rings. The van der Waals surface area contributed by atoms with E-state index in [1.165, 1.54) is 0 Å². The van der Waals surface area contributed by atoms with Gasteiger partial charge in [-0.25, -0.2) is 9.37 Å². The summed E-state index contributed by atoms with van der Waals surface area (Å²) in [6, 6.07) is 5.57. The molecule has 6 heteroatoms. The maximum Gasteiger partial charge on any atom is 0.260 e. The number of likely N-dealkylation sites (tertiary alicyclic amines) is 1. The van der Waals surface area contributed by atoms with Gasteiger partial charge in [0.05, 0.1) is 19.7 Å². The lowest BCUT2D eigenvalue weighted by Crippen LogP contribution is -2.70. The van der Waals surface area contributed by atoms with Gasteiger partial charge in [-0.1, -0.05) is 6.07 Å². The minimum Gasteiger partial charge on any atom is -0.474 e. The van der Waals surface area contributed by atoms with Crippen molar-refractivity contribution in [2.24, 2.45) is 0 Å². The number of halogens is 1. The summed E-state index contributed by atoms with van der Waals surface area (Å²) in [5.41, 5.74) is -1.98. The Hall–Kier alpha value is -1.69. The molecular weight excluding hydrogens is 299 g/mol. The molecule has 1 amide bonds. The lowest BCUT2D eigenvalue weighted by Gasteiger charge is -2.54. The van der Waals surface area contributed by atoms with E-state index in [0.29, 0.717) is 44.8 Å². The molecule has 4 rings (SSSR count). The summed E-state index contributed by atoms with van der Waals surface area (Å²) in [6.07, 6.45) is 4.78. The van der Waals surface area contributed by atoms with Gasteiger partial charge in [0.15, 0.2) is 5.67 Å². The first kappa shape index (κ1) is 14.9.